The van der Waals surface area contributed by atoms with Gasteiger partial charge in [-0.15, -0.1) is 0 Å². The van der Waals surface area contributed by atoms with E-state index in [-0.39, 0.29) is 27.6 Å². The van der Waals surface area contributed by atoms with Crippen LogP contribution in [0, 0.1) is 0 Å². The van der Waals surface area contributed by atoms with Gasteiger partial charge in [-0.25, -0.2) is 9.59 Å². The van der Waals surface area contributed by atoms with E-state index in [2.05, 4.69) is 31.9 Å². The Balaban J connectivity index is 2.02. The number of carbonyl (C=O) groups excluding carboxylic acids is 3. The van der Waals surface area contributed by atoms with Gasteiger partial charge in [0.05, 0.1) is 39.5 Å². The number of anilines is 1. The summed E-state index contributed by atoms with van der Waals surface area (Å²) in [4.78, 5) is 37.2. The van der Waals surface area contributed by atoms with E-state index in [0.717, 1.165) is 0 Å². The van der Waals surface area contributed by atoms with Crippen molar-refractivity contribution in [1.29, 1.82) is 0 Å². The predicted octanol–water partition coefficient (Wildman–Crippen LogP) is 3.86. The molecule has 1 aliphatic heterocycles. The van der Waals surface area contributed by atoms with Crippen LogP contribution in [0.25, 0.3) is 0 Å². The smallest absolute Gasteiger partial charge is 0.339 e. The number of halogens is 2. The summed E-state index contributed by atoms with van der Waals surface area (Å²) in [5, 5.41) is 17.9. The first-order chi connectivity index (χ1) is 14.2. The molecule has 156 valence electrons. The first-order valence-electron chi connectivity index (χ1n) is 8.67. The van der Waals surface area contributed by atoms with Crippen LogP contribution < -0.4 is 16.0 Å². The average molecular weight is 495 g/mol. The molecule has 0 bridgehead atoms. The molecule has 0 saturated carbocycles. The van der Waals surface area contributed by atoms with Crippen molar-refractivity contribution < 1.29 is 24.2 Å². The molecule has 0 radical (unpaired) electrons. The quantitative estimate of drug-likeness (QED) is 0.482. The van der Waals surface area contributed by atoms with Crippen molar-refractivity contribution >= 4 is 51.1 Å². The summed E-state index contributed by atoms with van der Waals surface area (Å²) < 4.78 is 5.06. The van der Waals surface area contributed by atoms with Gasteiger partial charge in [0.15, 0.2) is 0 Å². The topological polar surface area (TPSA) is 117 Å². The second-order valence-electron chi connectivity index (χ2n) is 6.39. The minimum Gasteiger partial charge on any atom is -0.505 e. The molecule has 1 aliphatic rings. The van der Waals surface area contributed by atoms with Crippen molar-refractivity contribution in [1.82, 2.24) is 10.6 Å². The van der Waals surface area contributed by atoms with Crippen LogP contribution in [0.3, 0.4) is 0 Å². The van der Waals surface area contributed by atoms with E-state index < -0.39 is 23.9 Å². The highest BCUT2D eigenvalue weighted by molar-refractivity contribution is 9.10. The number of allylic oxidation sites excluding steroid dienone is 1. The van der Waals surface area contributed by atoms with Crippen molar-refractivity contribution in [2.75, 3.05) is 12.4 Å². The molecule has 1 atom stereocenters. The zero-order valence-corrected chi connectivity index (χ0v) is 18.2. The number of amides is 3. The van der Waals surface area contributed by atoms with Gasteiger partial charge in [0.25, 0.3) is 5.91 Å². The van der Waals surface area contributed by atoms with E-state index in [9.17, 15) is 19.5 Å². The molecule has 0 fully saturated rings. The van der Waals surface area contributed by atoms with Gasteiger partial charge >= 0.3 is 12.0 Å². The lowest BCUT2D eigenvalue weighted by molar-refractivity contribution is -0.113. The van der Waals surface area contributed by atoms with Gasteiger partial charge in [0, 0.05) is 5.70 Å². The van der Waals surface area contributed by atoms with Crippen molar-refractivity contribution in [3.05, 3.63) is 68.3 Å². The SMILES string of the molecule is COC(=O)c1ccccc1NC(=O)C1=C(C)NC(=O)N[C@H]1c1cc(Cl)c(O)c(Br)c1. The second-order valence-corrected chi connectivity index (χ2v) is 7.66. The standard InChI is InChI=1S/C20H17BrClN3O5/c1-9-15(18(27)24-14-6-4-3-5-11(14)19(28)30-2)16(25-20(29)23-9)10-7-12(21)17(26)13(22)8-10/h3-8,16,26H,1-2H3,(H,24,27)(H2,23,25,29)/t16-/m0/s1. The van der Waals surface area contributed by atoms with Crippen molar-refractivity contribution in [3.63, 3.8) is 0 Å². The minimum atomic E-state index is -0.849. The zero-order valence-electron chi connectivity index (χ0n) is 15.9. The number of rotatable bonds is 4. The molecule has 30 heavy (non-hydrogen) atoms. The summed E-state index contributed by atoms with van der Waals surface area (Å²) >= 11 is 9.27. The molecule has 10 heteroatoms. The molecule has 8 nitrogen and oxygen atoms in total. The second kappa shape index (κ2) is 8.76. The van der Waals surface area contributed by atoms with Crippen molar-refractivity contribution in [2.45, 2.75) is 13.0 Å². The Morgan fingerprint density at radius 1 is 1.27 bits per heavy atom. The molecule has 1 heterocycles. The van der Waals surface area contributed by atoms with Crippen molar-refractivity contribution in [2.24, 2.45) is 0 Å². The Bertz CT molecular complexity index is 1060. The fourth-order valence-electron chi connectivity index (χ4n) is 3.07. The number of urea groups is 1. The number of benzene rings is 2. The number of hydrogen-bond donors (Lipinski definition) is 4. The Labute approximate surface area is 185 Å². The molecule has 4 N–H and O–H groups in total. The zero-order chi connectivity index (χ0) is 22.0. The molecule has 0 aliphatic carbocycles. The van der Waals surface area contributed by atoms with Gasteiger partial charge in [-0.3, -0.25) is 4.79 Å². The highest BCUT2D eigenvalue weighted by atomic mass is 79.9. The third-order valence-electron chi connectivity index (χ3n) is 4.47. The monoisotopic (exact) mass is 493 g/mol. The summed E-state index contributed by atoms with van der Waals surface area (Å²) in [5.74, 6) is -1.29. The summed E-state index contributed by atoms with van der Waals surface area (Å²) in [5.41, 5.74) is 1.46. The number of nitrogens with one attached hydrogen (secondary N) is 3. The number of para-hydroxylation sites is 1. The predicted molar refractivity (Wildman–Crippen MR) is 114 cm³/mol. The number of aromatic hydroxyl groups is 1. The van der Waals surface area contributed by atoms with Gasteiger partial charge in [0.2, 0.25) is 0 Å². The van der Waals surface area contributed by atoms with E-state index in [1.807, 2.05) is 0 Å². The van der Waals surface area contributed by atoms with Gasteiger partial charge < -0.3 is 25.8 Å². The van der Waals surface area contributed by atoms with Gasteiger partial charge in [-0.05, 0) is 52.7 Å². The Hall–Kier alpha value is -3.04. The molecule has 2 aromatic carbocycles. The molecule has 0 saturated heterocycles. The molecular formula is C20H17BrClN3O5. The van der Waals surface area contributed by atoms with Gasteiger partial charge in [-0.2, -0.15) is 0 Å². The third kappa shape index (κ3) is 4.27. The van der Waals surface area contributed by atoms with Crippen LogP contribution >= 0.6 is 27.5 Å². The largest absolute Gasteiger partial charge is 0.505 e. The average Bonchev–Trinajstić information content (AvgIpc) is 2.70. The van der Waals surface area contributed by atoms with Gasteiger partial charge in [0.1, 0.15) is 5.75 Å². The summed E-state index contributed by atoms with van der Waals surface area (Å²) in [6, 6.07) is 8.08. The van der Waals surface area contributed by atoms with Crippen LogP contribution in [0.4, 0.5) is 10.5 Å². The Morgan fingerprint density at radius 2 is 1.97 bits per heavy atom. The Morgan fingerprint density at radius 3 is 2.63 bits per heavy atom. The van der Waals surface area contributed by atoms with Crippen LogP contribution in [0.1, 0.15) is 28.9 Å². The lowest BCUT2D eigenvalue weighted by atomic mass is 9.94. The van der Waals surface area contributed by atoms with E-state index in [4.69, 9.17) is 16.3 Å². The van der Waals surface area contributed by atoms with E-state index in [1.54, 1.807) is 31.2 Å². The fraction of sp³-hybridized carbons (Fsp3) is 0.150. The molecule has 0 spiro atoms. The van der Waals surface area contributed by atoms with Crippen LogP contribution in [-0.4, -0.2) is 30.1 Å². The number of ether oxygens (including phenoxy) is 1. The van der Waals surface area contributed by atoms with E-state index in [0.29, 0.717) is 15.7 Å². The van der Waals surface area contributed by atoms with E-state index >= 15 is 0 Å². The van der Waals surface area contributed by atoms with Gasteiger partial charge in [-0.1, -0.05) is 23.7 Å². The molecule has 3 rings (SSSR count). The number of carbonyl (C=O) groups is 3. The molecular weight excluding hydrogens is 478 g/mol. The molecule has 0 unspecified atom stereocenters. The van der Waals surface area contributed by atoms with Crippen LogP contribution in [-0.2, 0) is 9.53 Å². The first-order valence-corrected chi connectivity index (χ1v) is 9.85. The highest BCUT2D eigenvalue weighted by Crippen LogP contribution is 2.37. The third-order valence-corrected chi connectivity index (χ3v) is 5.36. The maximum absolute atomic E-state index is 13.2. The normalized spacial score (nSPS) is 15.9. The Kier molecular flexibility index (Phi) is 6.33. The number of esters is 1. The van der Waals surface area contributed by atoms with Crippen LogP contribution in [0.15, 0.2) is 52.1 Å². The maximum atomic E-state index is 13.2. The van der Waals surface area contributed by atoms with Crippen molar-refractivity contribution in [3.8, 4) is 5.75 Å². The maximum Gasteiger partial charge on any atom is 0.339 e. The number of phenolic OH excluding ortho intramolecular Hbond substituents is 1. The van der Waals surface area contributed by atoms with Crippen LogP contribution in [0.2, 0.25) is 5.02 Å². The molecule has 2 aromatic rings. The number of hydrogen-bond acceptors (Lipinski definition) is 5. The number of phenols is 1. The highest BCUT2D eigenvalue weighted by Gasteiger charge is 2.32. The lowest BCUT2D eigenvalue weighted by Gasteiger charge is -2.29. The number of methoxy groups -OCH3 is 1. The summed E-state index contributed by atoms with van der Waals surface area (Å²) in [7, 11) is 1.25. The lowest BCUT2D eigenvalue weighted by Crippen LogP contribution is -2.46. The fourth-order valence-corrected chi connectivity index (χ4v) is 3.89. The summed E-state index contributed by atoms with van der Waals surface area (Å²) in [6.45, 7) is 1.59. The summed E-state index contributed by atoms with van der Waals surface area (Å²) in [6.07, 6.45) is 0. The first kappa shape index (κ1) is 21.7. The van der Waals surface area contributed by atoms with E-state index in [1.165, 1.54) is 19.2 Å². The minimum absolute atomic E-state index is 0.0561. The van der Waals surface area contributed by atoms with Crippen LogP contribution in [0.5, 0.6) is 5.75 Å². The molecule has 3 amide bonds. The molecule has 0 aromatic heterocycles.